The van der Waals surface area contributed by atoms with Crippen LogP contribution in [0.1, 0.15) is 51.8 Å². The van der Waals surface area contributed by atoms with Crippen molar-refractivity contribution in [2.24, 2.45) is 11.1 Å². The van der Waals surface area contributed by atoms with Gasteiger partial charge in [-0.25, -0.2) is 9.59 Å². The summed E-state index contributed by atoms with van der Waals surface area (Å²) in [6.07, 6.45) is 0. The minimum absolute atomic E-state index is 0.00835. The second-order valence-electron chi connectivity index (χ2n) is 8.74. The van der Waals surface area contributed by atoms with Gasteiger partial charge in [-0.2, -0.15) is 0 Å². The number of hydrogen-bond acceptors (Lipinski definition) is 7. The lowest BCUT2D eigenvalue weighted by molar-refractivity contribution is 0.0682. The van der Waals surface area contributed by atoms with Crippen LogP contribution in [0.3, 0.4) is 0 Å². The van der Waals surface area contributed by atoms with Crippen molar-refractivity contribution in [1.82, 2.24) is 0 Å². The third kappa shape index (κ3) is 5.88. The van der Waals surface area contributed by atoms with Crippen LogP contribution in [0, 0.1) is 5.41 Å². The first-order chi connectivity index (χ1) is 16.1. The summed E-state index contributed by atoms with van der Waals surface area (Å²) in [6, 6.07) is 18.2. The fourth-order valence-corrected chi connectivity index (χ4v) is 3.02. The number of benzene rings is 3. The van der Waals surface area contributed by atoms with Crippen LogP contribution in [0.2, 0.25) is 0 Å². The van der Waals surface area contributed by atoms with Gasteiger partial charge in [0.15, 0.2) is 17.3 Å². The highest BCUT2D eigenvalue weighted by Gasteiger charge is 2.29. The molecule has 7 heteroatoms. The van der Waals surface area contributed by atoms with Crippen molar-refractivity contribution < 1.29 is 28.6 Å². The van der Waals surface area contributed by atoms with E-state index in [-0.39, 0.29) is 28.4 Å². The van der Waals surface area contributed by atoms with Crippen molar-refractivity contribution in [3.63, 3.8) is 0 Å². The molecule has 3 aromatic rings. The van der Waals surface area contributed by atoms with E-state index in [4.69, 9.17) is 19.9 Å². The molecule has 0 spiro atoms. The third-order valence-electron chi connectivity index (χ3n) is 5.18. The van der Waals surface area contributed by atoms with Gasteiger partial charge in [0, 0.05) is 5.56 Å². The van der Waals surface area contributed by atoms with Crippen molar-refractivity contribution >= 4 is 17.7 Å². The van der Waals surface area contributed by atoms with Gasteiger partial charge in [-0.05, 0) is 60.0 Å². The van der Waals surface area contributed by atoms with E-state index < -0.39 is 23.4 Å². The molecule has 2 N–H and O–H groups in total. The number of nitrogens with two attached hydrogens (primary N) is 1. The number of ether oxygens (including phenoxy) is 3. The Morgan fingerprint density at radius 3 is 1.82 bits per heavy atom. The van der Waals surface area contributed by atoms with Crippen LogP contribution in [-0.2, 0) is 0 Å². The Labute approximate surface area is 198 Å². The third-order valence-corrected chi connectivity index (χ3v) is 5.18. The van der Waals surface area contributed by atoms with E-state index in [0.29, 0.717) is 11.3 Å². The highest BCUT2D eigenvalue weighted by atomic mass is 16.6. The van der Waals surface area contributed by atoms with E-state index in [9.17, 15) is 14.4 Å². The summed E-state index contributed by atoms with van der Waals surface area (Å²) < 4.78 is 16.1. The number of esters is 2. The molecule has 3 aromatic carbocycles. The molecule has 0 saturated carbocycles. The van der Waals surface area contributed by atoms with E-state index in [1.165, 1.54) is 25.3 Å². The van der Waals surface area contributed by atoms with Gasteiger partial charge >= 0.3 is 11.9 Å². The van der Waals surface area contributed by atoms with Gasteiger partial charge in [0.25, 0.3) is 0 Å². The normalized spacial score (nSPS) is 11.9. The average molecular weight is 462 g/mol. The molecule has 0 heterocycles. The highest BCUT2D eigenvalue weighted by molar-refractivity contribution is 6.01. The molecule has 0 fully saturated rings. The Morgan fingerprint density at radius 2 is 1.26 bits per heavy atom. The number of Topliss-reactive ketones (excluding diaryl/α,β-unsaturated/α-hetero) is 1. The quantitative estimate of drug-likeness (QED) is 0.309. The molecule has 1 atom stereocenters. The van der Waals surface area contributed by atoms with E-state index in [2.05, 4.69) is 0 Å². The summed E-state index contributed by atoms with van der Waals surface area (Å²) >= 11 is 0. The van der Waals surface area contributed by atoms with E-state index >= 15 is 0 Å². The number of methoxy groups -OCH3 is 1. The molecule has 0 saturated heterocycles. The summed E-state index contributed by atoms with van der Waals surface area (Å²) in [7, 11) is 1.52. The van der Waals surface area contributed by atoms with E-state index in [1.54, 1.807) is 54.6 Å². The largest absolute Gasteiger partial charge is 0.497 e. The number of rotatable bonds is 7. The summed E-state index contributed by atoms with van der Waals surface area (Å²) in [5.41, 5.74) is 6.48. The number of carbonyl (C=O) groups excluding carboxylic acids is 3. The van der Waals surface area contributed by atoms with E-state index in [0.717, 1.165) is 0 Å². The van der Waals surface area contributed by atoms with Gasteiger partial charge in [-0.15, -0.1) is 0 Å². The molecule has 0 aliphatic rings. The van der Waals surface area contributed by atoms with Crippen molar-refractivity contribution in [2.75, 3.05) is 7.11 Å². The van der Waals surface area contributed by atoms with E-state index in [1.807, 2.05) is 20.8 Å². The predicted molar refractivity (Wildman–Crippen MR) is 128 cm³/mol. The van der Waals surface area contributed by atoms with Crippen molar-refractivity contribution in [2.45, 2.75) is 26.8 Å². The van der Waals surface area contributed by atoms with Gasteiger partial charge in [0.1, 0.15) is 5.75 Å². The maximum Gasteiger partial charge on any atom is 0.343 e. The molecule has 0 aliphatic heterocycles. The SMILES string of the molecule is COc1ccc(C(=O)Oc2ccc(C(=O)C(N)C(C)(C)C)cc2OC(=O)c2ccccc2)cc1. The fraction of sp³-hybridized carbons (Fsp3) is 0.222. The van der Waals surface area contributed by atoms with Gasteiger partial charge in [-0.3, -0.25) is 4.79 Å². The topological polar surface area (TPSA) is 105 Å². The van der Waals surface area contributed by atoms with Crippen LogP contribution in [0.4, 0.5) is 0 Å². The zero-order valence-electron chi connectivity index (χ0n) is 19.5. The molecular formula is C27H27NO6. The second-order valence-corrected chi connectivity index (χ2v) is 8.74. The molecule has 0 radical (unpaired) electrons. The second kappa shape index (κ2) is 10.3. The Kier molecular flexibility index (Phi) is 7.48. The summed E-state index contributed by atoms with van der Waals surface area (Å²) in [6.45, 7) is 5.57. The number of ketones is 1. The standard InChI is InChI=1S/C27H27NO6/c1-27(2,3)24(28)23(29)19-12-15-21(33-26(31)18-10-13-20(32-4)14-11-18)22(16-19)34-25(30)17-8-6-5-7-9-17/h5-16,24H,28H2,1-4H3. The maximum absolute atomic E-state index is 12.9. The minimum Gasteiger partial charge on any atom is -0.497 e. The Bertz CT molecular complexity index is 1180. The molecule has 176 valence electrons. The Balaban J connectivity index is 1.94. The molecule has 0 bridgehead atoms. The van der Waals surface area contributed by atoms with Crippen LogP contribution >= 0.6 is 0 Å². The summed E-state index contributed by atoms with van der Waals surface area (Å²) in [5, 5.41) is 0. The zero-order chi connectivity index (χ0) is 24.9. The molecule has 0 aromatic heterocycles. The first kappa shape index (κ1) is 24.7. The maximum atomic E-state index is 12.9. The first-order valence-electron chi connectivity index (χ1n) is 10.7. The number of carbonyl (C=O) groups is 3. The van der Waals surface area contributed by atoms with Crippen LogP contribution in [0.25, 0.3) is 0 Å². The molecule has 1 unspecified atom stereocenters. The van der Waals surface area contributed by atoms with Gasteiger partial charge in [0.2, 0.25) is 0 Å². The van der Waals surface area contributed by atoms with Crippen LogP contribution in [0.15, 0.2) is 72.8 Å². The molecule has 0 aliphatic carbocycles. The van der Waals surface area contributed by atoms with Gasteiger partial charge in [-0.1, -0.05) is 39.0 Å². The van der Waals surface area contributed by atoms with Crippen molar-refractivity contribution in [3.05, 3.63) is 89.5 Å². The lowest BCUT2D eigenvalue weighted by Gasteiger charge is -2.25. The van der Waals surface area contributed by atoms with Crippen LogP contribution < -0.4 is 19.9 Å². The Hall–Kier alpha value is -3.97. The summed E-state index contributed by atoms with van der Waals surface area (Å²) in [5.74, 6) is -1.13. The lowest BCUT2D eigenvalue weighted by atomic mass is 9.83. The fourth-order valence-electron chi connectivity index (χ4n) is 3.02. The minimum atomic E-state index is -0.780. The monoisotopic (exact) mass is 461 g/mol. The Morgan fingerprint density at radius 1 is 0.735 bits per heavy atom. The number of hydrogen-bond donors (Lipinski definition) is 1. The van der Waals surface area contributed by atoms with Crippen LogP contribution in [0.5, 0.6) is 17.2 Å². The molecule has 34 heavy (non-hydrogen) atoms. The average Bonchev–Trinajstić information content (AvgIpc) is 2.84. The lowest BCUT2D eigenvalue weighted by Crippen LogP contribution is -2.42. The molecule has 7 nitrogen and oxygen atoms in total. The van der Waals surface area contributed by atoms with Gasteiger partial charge < -0.3 is 19.9 Å². The first-order valence-corrected chi connectivity index (χ1v) is 10.7. The van der Waals surface area contributed by atoms with Crippen molar-refractivity contribution in [1.29, 1.82) is 0 Å². The molecule has 0 amide bonds. The predicted octanol–water partition coefficient (Wildman–Crippen LogP) is 4.69. The molecule has 3 rings (SSSR count). The van der Waals surface area contributed by atoms with Crippen molar-refractivity contribution in [3.8, 4) is 17.2 Å². The highest BCUT2D eigenvalue weighted by Crippen LogP contribution is 2.32. The smallest absolute Gasteiger partial charge is 0.343 e. The summed E-state index contributed by atoms with van der Waals surface area (Å²) in [4.78, 5) is 38.3. The van der Waals surface area contributed by atoms with Gasteiger partial charge in [0.05, 0.1) is 24.3 Å². The van der Waals surface area contributed by atoms with Crippen LogP contribution in [-0.4, -0.2) is 30.9 Å². The molecular weight excluding hydrogens is 434 g/mol. The zero-order valence-corrected chi connectivity index (χ0v) is 19.5.